The standard InChI is InChI=1S/C19H28BN3O2/c1-17(2)18(3,4)25-20(24-17)19(11-8-12-22-23-21)13-16(14-19)15-9-6-5-7-10-15/h5-7,9-10,16H,8,11-14H2,1-4H3. The Morgan fingerprint density at radius 1 is 1.12 bits per heavy atom. The third-order valence-electron chi connectivity index (χ3n) is 6.33. The zero-order chi connectivity index (χ0) is 18.1. The lowest BCUT2D eigenvalue weighted by molar-refractivity contribution is 0.00578. The van der Waals surface area contributed by atoms with Gasteiger partial charge in [-0.05, 0) is 70.4 Å². The molecule has 1 saturated heterocycles. The summed E-state index contributed by atoms with van der Waals surface area (Å²) in [6.07, 6.45) is 3.95. The molecule has 6 heteroatoms. The maximum Gasteiger partial charge on any atom is 0.464 e. The molecule has 0 atom stereocenters. The molecule has 25 heavy (non-hydrogen) atoms. The first-order chi connectivity index (χ1) is 11.8. The highest BCUT2D eigenvalue weighted by molar-refractivity contribution is 6.50. The molecule has 1 saturated carbocycles. The van der Waals surface area contributed by atoms with Crippen LogP contribution in [0, 0.1) is 0 Å². The van der Waals surface area contributed by atoms with Crippen molar-refractivity contribution in [1.82, 2.24) is 0 Å². The highest BCUT2D eigenvalue weighted by atomic mass is 16.7. The van der Waals surface area contributed by atoms with Gasteiger partial charge in [0.1, 0.15) is 0 Å². The molecule has 1 aliphatic carbocycles. The van der Waals surface area contributed by atoms with E-state index in [0.29, 0.717) is 12.5 Å². The first kappa shape index (κ1) is 18.3. The molecule has 0 radical (unpaired) electrons. The molecule has 5 nitrogen and oxygen atoms in total. The Morgan fingerprint density at radius 3 is 2.28 bits per heavy atom. The van der Waals surface area contributed by atoms with E-state index in [1.54, 1.807) is 0 Å². The average molecular weight is 341 g/mol. The van der Waals surface area contributed by atoms with Gasteiger partial charge in [-0.15, -0.1) is 0 Å². The SMILES string of the molecule is CC1(C)OB(C2(CCCN=[N+]=[N-])CC(c3ccccc3)C2)OC1(C)C. The molecule has 2 fully saturated rings. The van der Waals surface area contributed by atoms with Gasteiger partial charge in [0.05, 0.1) is 11.2 Å². The van der Waals surface area contributed by atoms with Gasteiger partial charge in [-0.25, -0.2) is 0 Å². The van der Waals surface area contributed by atoms with Crippen LogP contribution in [-0.4, -0.2) is 24.9 Å². The number of hydrogen-bond donors (Lipinski definition) is 0. The maximum absolute atomic E-state index is 8.52. The van der Waals surface area contributed by atoms with Gasteiger partial charge < -0.3 is 9.31 Å². The second-order valence-electron chi connectivity index (χ2n) is 8.52. The van der Waals surface area contributed by atoms with Crippen molar-refractivity contribution >= 4 is 7.12 Å². The van der Waals surface area contributed by atoms with Crippen molar-refractivity contribution in [3.8, 4) is 0 Å². The Morgan fingerprint density at radius 2 is 1.72 bits per heavy atom. The van der Waals surface area contributed by atoms with Crippen LogP contribution in [-0.2, 0) is 9.31 Å². The molecule has 0 N–H and O–H groups in total. The fraction of sp³-hybridized carbons (Fsp3) is 0.684. The van der Waals surface area contributed by atoms with Crippen LogP contribution in [0.2, 0.25) is 5.31 Å². The molecule has 0 unspecified atom stereocenters. The summed E-state index contributed by atoms with van der Waals surface area (Å²) >= 11 is 0. The van der Waals surface area contributed by atoms with Crippen LogP contribution in [0.25, 0.3) is 10.4 Å². The quantitative estimate of drug-likeness (QED) is 0.226. The fourth-order valence-electron chi connectivity index (χ4n) is 4.04. The molecule has 0 spiro atoms. The average Bonchev–Trinajstić information content (AvgIpc) is 2.75. The molecule has 1 heterocycles. The second kappa shape index (κ2) is 6.67. The molecule has 0 bridgehead atoms. The number of nitrogens with zero attached hydrogens (tertiary/aromatic N) is 3. The predicted molar refractivity (Wildman–Crippen MR) is 100 cm³/mol. The largest absolute Gasteiger partial charge is 0.464 e. The van der Waals surface area contributed by atoms with E-state index in [0.717, 1.165) is 25.7 Å². The van der Waals surface area contributed by atoms with Gasteiger partial charge in [0, 0.05) is 16.8 Å². The molecule has 134 valence electrons. The van der Waals surface area contributed by atoms with Gasteiger partial charge in [-0.2, -0.15) is 0 Å². The van der Waals surface area contributed by atoms with Gasteiger partial charge in [-0.3, -0.25) is 0 Å². The second-order valence-corrected chi connectivity index (χ2v) is 8.52. The minimum atomic E-state index is -0.312. The maximum atomic E-state index is 8.52. The highest BCUT2D eigenvalue weighted by Gasteiger charge is 2.63. The van der Waals surface area contributed by atoms with E-state index in [1.807, 2.05) is 0 Å². The first-order valence-corrected chi connectivity index (χ1v) is 9.21. The lowest BCUT2D eigenvalue weighted by atomic mass is 9.41. The molecule has 0 amide bonds. The van der Waals surface area contributed by atoms with E-state index in [9.17, 15) is 0 Å². The summed E-state index contributed by atoms with van der Waals surface area (Å²) in [6.45, 7) is 8.96. The summed E-state index contributed by atoms with van der Waals surface area (Å²) in [4.78, 5) is 2.87. The summed E-state index contributed by atoms with van der Waals surface area (Å²) in [7, 11) is -0.191. The summed E-state index contributed by atoms with van der Waals surface area (Å²) in [5.74, 6) is 0.555. The van der Waals surface area contributed by atoms with Crippen LogP contribution in [0.4, 0.5) is 0 Å². The van der Waals surface area contributed by atoms with Gasteiger partial charge in [0.25, 0.3) is 0 Å². The summed E-state index contributed by atoms with van der Waals surface area (Å²) in [6, 6.07) is 10.7. The molecular weight excluding hydrogens is 313 g/mol. The third-order valence-corrected chi connectivity index (χ3v) is 6.33. The van der Waals surface area contributed by atoms with E-state index in [2.05, 4.69) is 68.1 Å². The Hall–Kier alpha value is -1.49. The molecule has 1 aliphatic heterocycles. The number of benzene rings is 1. The number of azide groups is 1. The van der Waals surface area contributed by atoms with E-state index in [-0.39, 0.29) is 23.6 Å². The van der Waals surface area contributed by atoms with Crippen molar-refractivity contribution in [2.75, 3.05) is 6.54 Å². The van der Waals surface area contributed by atoms with Crippen LogP contribution in [0.1, 0.15) is 64.9 Å². The van der Waals surface area contributed by atoms with Gasteiger partial charge in [-0.1, -0.05) is 35.4 Å². The van der Waals surface area contributed by atoms with Crippen LogP contribution < -0.4 is 0 Å². The predicted octanol–water partition coefficient (Wildman–Crippen LogP) is 5.49. The molecule has 0 aromatic heterocycles. The number of rotatable bonds is 6. The highest BCUT2D eigenvalue weighted by Crippen LogP contribution is 2.64. The van der Waals surface area contributed by atoms with Gasteiger partial charge >= 0.3 is 7.12 Å². The Labute approximate surface area is 150 Å². The Kier molecular flexibility index (Phi) is 4.89. The summed E-state index contributed by atoms with van der Waals surface area (Å²) < 4.78 is 12.8. The molecule has 2 aliphatic rings. The van der Waals surface area contributed by atoms with Crippen molar-refractivity contribution in [3.63, 3.8) is 0 Å². The van der Waals surface area contributed by atoms with Crippen LogP contribution in [0.5, 0.6) is 0 Å². The van der Waals surface area contributed by atoms with E-state index in [4.69, 9.17) is 14.8 Å². The minimum Gasteiger partial charge on any atom is -0.403 e. The zero-order valence-corrected chi connectivity index (χ0v) is 15.7. The van der Waals surface area contributed by atoms with Gasteiger partial charge in [0.15, 0.2) is 0 Å². The minimum absolute atomic E-state index is 0.0104. The number of hydrogen-bond acceptors (Lipinski definition) is 3. The first-order valence-electron chi connectivity index (χ1n) is 9.21. The Bertz CT molecular complexity index is 634. The zero-order valence-electron chi connectivity index (χ0n) is 15.7. The van der Waals surface area contributed by atoms with E-state index >= 15 is 0 Å². The lowest BCUT2D eigenvalue weighted by Gasteiger charge is -2.49. The van der Waals surface area contributed by atoms with Crippen molar-refractivity contribution in [3.05, 3.63) is 46.3 Å². The Balaban J connectivity index is 1.74. The summed E-state index contributed by atoms with van der Waals surface area (Å²) in [5, 5.41) is 3.70. The topological polar surface area (TPSA) is 67.2 Å². The molecule has 1 aromatic rings. The fourth-order valence-corrected chi connectivity index (χ4v) is 4.04. The van der Waals surface area contributed by atoms with Crippen molar-refractivity contribution in [2.45, 2.75) is 75.8 Å². The van der Waals surface area contributed by atoms with Crippen molar-refractivity contribution < 1.29 is 9.31 Å². The van der Waals surface area contributed by atoms with Crippen LogP contribution in [0.15, 0.2) is 35.4 Å². The molecule has 1 aromatic carbocycles. The monoisotopic (exact) mass is 341 g/mol. The van der Waals surface area contributed by atoms with Crippen molar-refractivity contribution in [2.24, 2.45) is 5.11 Å². The summed E-state index contributed by atoms with van der Waals surface area (Å²) in [5.41, 5.74) is 9.28. The lowest BCUT2D eigenvalue weighted by Crippen LogP contribution is -2.44. The molecular formula is C19H28BN3O2. The van der Waals surface area contributed by atoms with Crippen LogP contribution in [0.3, 0.4) is 0 Å². The van der Waals surface area contributed by atoms with Crippen LogP contribution >= 0.6 is 0 Å². The smallest absolute Gasteiger partial charge is 0.403 e. The molecule has 3 rings (SSSR count). The normalized spacial score (nSPS) is 29.8. The van der Waals surface area contributed by atoms with E-state index in [1.165, 1.54) is 5.56 Å². The van der Waals surface area contributed by atoms with Gasteiger partial charge in [0.2, 0.25) is 0 Å². The third kappa shape index (κ3) is 3.44. The van der Waals surface area contributed by atoms with Crippen molar-refractivity contribution in [1.29, 1.82) is 0 Å². The van der Waals surface area contributed by atoms with E-state index < -0.39 is 0 Å².